The number of fused-ring (bicyclic) bond motifs is 2. The highest BCUT2D eigenvalue weighted by molar-refractivity contribution is 5.98. The first-order valence-electron chi connectivity index (χ1n) is 10.0. The molecule has 0 radical (unpaired) electrons. The summed E-state index contributed by atoms with van der Waals surface area (Å²) in [6, 6.07) is 4.40. The number of pyridine rings is 2. The number of aryl methyl sites for hydroxylation is 1. The van der Waals surface area contributed by atoms with Crippen molar-refractivity contribution in [3.05, 3.63) is 47.3 Å². The number of carbonyl (C=O) groups excluding carboxylic acids is 1. The Morgan fingerprint density at radius 2 is 1.78 bits per heavy atom. The Bertz CT molecular complexity index is 1010. The number of nitrogens with zero attached hydrogens (tertiary/aromatic N) is 4. The fourth-order valence-electron chi connectivity index (χ4n) is 4.62. The maximum atomic E-state index is 13.4. The molecule has 172 valence electrons. The first-order valence-corrected chi connectivity index (χ1v) is 10.0. The van der Waals surface area contributed by atoms with Gasteiger partial charge in [-0.1, -0.05) is 6.07 Å². The van der Waals surface area contributed by atoms with Crippen LogP contribution in [0.15, 0.2) is 30.3 Å². The van der Waals surface area contributed by atoms with Crippen molar-refractivity contribution >= 4 is 17.5 Å². The van der Waals surface area contributed by atoms with Crippen LogP contribution in [0, 0.1) is 12.8 Å². The summed E-state index contributed by atoms with van der Waals surface area (Å²) in [6.45, 7) is 1.75. The molecular formula is C21H20F6N4O. The smallest absolute Gasteiger partial charge is 0.341 e. The summed E-state index contributed by atoms with van der Waals surface area (Å²) >= 11 is 0. The van der Waals surface area contributed by atoms with Gasteiger partial charge in [0.05, 0.1) is 5.56 Å². The lowest BCUT2D eigenvalue weighted by Gasteiger charge is -2.37. The first-order chi connectivity index (χ1) is 14.9. The van der Waals surface area contributed by atoms with Crippen LogP contribution in [0.25, 0.3) is 0 Å². The van der Waals surface area contributed by atoms with Crippen molar-refractivity contribution in [2.24, 2.45) is 5.92 Å². The van der Waals surface area contributed by atoms with E-state index in [4.69, 9.17) is 0 Å². The molecule has 0 unspecified atom stereocenters. The Kier molecular flexibility index (Phi) is 5.33. The zero-order chi connectivity index (χ0) is 23.4. The average Bonchev–Trinajstić information content (AvgIpc) is 3.32. The number of alkyl halides is 6. The second-order valence-electron chi connectivity index (χ2n) is 8.21. The van der Waals surface area contributed by atoms with Crippen LogP contribution in [0.2, 0.25) is 0 Å². The lowest BCUT2D eigenvalue weighted by Crippen LogP contribution is -2.51. The summed E-state index contributed by atoms with van der Waals surface area (Å²) in [5, 5.41) is 0. The van der Waals surface area contributed by atoms with Crippen LogP contribution in [-0.4, -0.2) is 35.0 Å². The summed E-state index contributed by atoms with van der Waals surface area (Å²) in [6.07, 6.45) is -8.31. The molecule has 2 aromatic heterocycles. The molecule has 2 fully saturated rings. The number of piperidine rings is 1. The predicted molar refractivity (Wildman–Crippen MR) is 104 cm³/mol. The quantitative estimate of drug-likeness (QED) is 0.618. The monoisotopic (exact) mass is 458 g/mol. The van der Waals surface area contributed by atoms with Crippen molar-refractivity contribution in [1.82, 2.24) is 9.97 Å². The number of anilines is 2. The first kappa shape index (κ1) is 22.3. The largest absolute Gasteiger partial charge is 0.433 e. The van der Waals surface area contributed by atoms with Crippen molar-refractivity contribution in [3.8, 4) is 0 Å². The van der Waals surface area contributed by atoms with Crippen LogP contribution >= 0.6 is 0 Å². The molecule has 1 saturated heterocycles. The van der Waals surface area contributed by atoms with E-state index in [0.717, 1.165) is 0 Å². The van der Waals surface area contributed by atoms with Gasteiger partial charge in [-0.2, -0.15) is 26.3 Å². The van der Waals surface area contributed by atoms with E-state index >= 15 is 0 Å². The predicted octanol–water partition coefficient (Wildman–Crippen LogP) is 4.84. The molecule has 32 heavy (non-hydrogen) atoms. The normalized spacial score (nSPS) is 23.0. The summed E-state index contributed by atoms with van der Waals surface area (Å²) in [5.74, 6) is -0.762. The molecule has 1 aliphatic carbocycles. The fourth-order valence-corrected chi connectivity index (χ4v) is 4.62. The summed E-state index contributed by atoms with van der Waals surface area (Å²) in [4.78, 5) is 23.8. The molecule has 1 aliphatic heterocycles. The lowest BCUT2D eigenvalue weighted by atomic mass is 9.97. The Labute approximate surface area is 180 Å². The van der Waals surface area contributed by atoms with Crippen molar-refractivity contribution in [3.63, 3.8) is 0 Å². The number of carbonyl (C=O) groups is 1. The molecule has 5 nitrogen and oxygen atoms in total. The molecule has 0 aromatic carbocycles. The molecule has 3 atom stereocenters. The summed E-state index contributed by atoms with van der Waals surface area (Å²) in [7, 11) is 1.50. The highest BCUT2D eigenvalue weighted by Gasteiger charge is 2.51. The van der Waals surface area contributed by atoms with E-state index < -0.39 is 41.4 Å². The molecule has 0 N–H and O–H groups in total. The van der Waals surface area contributed by atoms with E-state index in [9.17, 15) is 31.1 Å². The third kappa shape index (κ3) is 4.00. The van der Waals surface area contributed by atoms with Crippen LogP contribution in [0.3, 0.4) is 0 Å². The fraction of sp³-hybridized carbons (Fsp3) is 0.476. The van der Waals surface area contributed by atoms with Crippen LogP contribution < -0.4 is 9.80 Å². The molecule has 4 rings (SSSR count). The molecule has 11 heteroatoms. The van der Waals surface area contributed by atoms with Gasteiger partial charge in [0.1, 0.15) is 23.4 Å². The Balaban J connectivity index is 1.76. The minimum Gasteiger partial charge on any atom is -0.341 e. The van der Waals surface area contributed by atoms with Gasteiger partial charge in [0.2, 0.25) is 0 Å². The van der Waals surface area contributed by atoms with Crippen LogP contribution in [0.1, 0.15) is 36.2 Å². The van der Waals surface area contributed by atoms with Gasteiger partial charge in [-0.05, 0) is 56.4 Å². The van der Waals surface area contributed by atoms with E-state index in [1.165, 1.54) is 16.8 Å². The number of aromatic nitrogens is 2. The molecule has 2 aromatic rings. The Hall–Kier alpha value is -2.85. The van der Waals surface area contributed by atoms with Gasteiger partial charge in [-0.25, -0.2) is 9.97 Å². The zero-order valence-corrected chi connectivity index (χ0v) is 17.2. The highest BCUT2D eigenvalue weighted by Crippen LogP contribution is 2.46. The third-order valence-corrected chi connectivity index (χ3v) is 6.08. The Morgan fingerprint density at radius 1 is 1.06 bits per heavy atom. The van der Waals surface area contributed by atoms with Gasteiger partial charge in [-0.3, -0.25) is 9.69 Å². The summed E-state index contributed by atoms with van der Waals surface area (Å²) in [5.41, 5.74) is -2.41. The topological polar surface area (TPSA) is 49.3 Å². The molecule has 2 bridgehead atoms. The molecular weight excluding hydrogens is 438 g/mol. The minimum absolute atomic E-state index is 0.00253. The molecule has 1 amide bonds. The van der Waals surface area contributed by atoms with Crippen molar-refractivity contribution < 1.29 is 31.1 Å². The number of amides is 1. The van der Waals surface area contributed by atoms with Gasteiger partial charge in [0.15, 0.2) is 0 Å². The van der Waals surface area contributed by atoms with E-state index in [1.54, 1.807) is 25.1 Å². The number of rotatable bonds is 3. The van der Waals surface area contributed by atoms with Crippen molar-refractivity contribution in [2.45, 2.75) is 50.6 Å². The maximum absolute atomic E-state index is 13.4. The van der Waals surface area contributed by atoms with Crippen molar-refractivity contribution in [2.75, 3.05) is 16.8 Å². The van der Waals surface area contributed by atoms with E-state index in [2.05, 4.69) is 9.97 Å². The second kappa shape index (κ2) is 7.63. The Morgan fingerprint density at radius 3 is 2.41 bits per heavy atom. The molecule has 2 aliphatic rings. The zero-order valence-electron chi connectivity index (χ0n) is 17.2. The van der Waals surface area contributed by atoms with Crippen LogP contribution in [0.4, 0.5) is 38.0 Å². The van der Waals surface area contributed by atoms with E-state index in [-0.39, 0.29) is 18.0 Å². The standard InChI is InChI=1S/C21H20F6N4O/c1-11-4-3-5-16(28-11)30(2)19(32)18-12-6-7-14(8-12)31(18)17-10-13(20(22,23)24)9-15(29-17)21(25,26)27/h3-5,9-10,12,14,18H,6-8H2,1-2H3/t12-,14+,18-/m0/s1. The highest BCUT2D eigenvalue weighted by atomic mass is 19.4. The van der Waals surface area contributed by atoms with Gasteiger partial charge in [0.25, 0.3) is 5.91 Å². The van der Waals surface area contributed by atoms with Crippen LogP contribution in [0.5, 0.6) is 0 Å². The van der Waals surface area contributed by atoms with E-state index in [1.807, 2.05) is 0 Å². The number of hydrogen-bond donors (Lipinski definition) is 0. The summed E-state index contributed by atoms with van der Waals surface area (Å²) < 4.78 is 80.0. The lowest BCUT2D eigenvalue weighted by molar-refractivity contribution is -0.145. The number of halogens is 6. The number of likely N-dealkylation sites (N-methyl/N-ethyl adjacent to an activating group) is 1. The average molecular weight is 458 g/mol. The molecule has 1 saturated carbocycles. The van der Waals surface area contributed by atoms with Gasteiger partial charge < -0.3 is 4.90 Å². The minimum atomic E-state index is -5.06. The van der Waals surface area contributed by atoms with Crippen LogP contribution in [-0.2, 0) is 17.1 Å². The second-order valence-corrected chi connectivity index (χ2v) is 8.21. The SMILES string of the molecule is Cc1cccc(N(C)C(=O)[C@@H]2[C@H]3CC[C@H](C3)N2c2cc(C(F)(F)F)cc(C(F)(F)F)n2)n1. The van der Waals surface area contributed by atoms with Crippen molar-refractivity contribution in [1.29, 1.82) is 0 Å². The number of hydrogen-bond acceptors (Lipinski definition) is 4. The third-order valence-electron chi connectivity index (χ3n) is 6.08. The van der Waals surface area contributed by atoms with Gasteiger partial charge in [0, 0.05) is 18.8 Å². The molecule has 0 spiro atoms. The van der Waals surface area contributed by atoms with Gasteiger partial charge in [-0.15, -0.1) is 0 Å². The molecule has 3 heterocycles. The van der Waals surface area contributed by atoms with E-state index in [0.29, 0.717) is 36.8 Å². The van der Waals surface area contributed by atoms with Gasteiger partial charge >= 0.3 is 12.4 Å². The maximum Gasteiger partial charge on any atom is 0.433 e.